The van der Waals surface area contributed by atoms with Gasteiger partial charge in [-0.1, -0.05) is 0 Å². The number of rotatable bonds is 5. The number of hydrogen-bond acceptors (Lipinski definition) is 5. The SMILES string of the molecule is Cc1cc(C)n(-c2ccc(=O)n(C3CCC(NCc4cnn(C)c4)CC3)n2)n1. The van der Waals surface area contributed by atoms with Crippen LogP contribution < -0.4 is 10.9 Å². The molecule has 0 spiro atoms. The fourth-order valence-electron chi connectivity index (χ4n) is 4.00. The lowest BCUT2D eigenvalue weighted by Crippen LogP contribution is -2.36. The zero-order chi connectivity index (χ0) is 19.7. The van der Waals surface area contributed by atoms with Gasteiger partial charge < -0.3 is 5.32 Å². The van der Waals surface area contributed by atoms with E-state index >= 15 is 0 Å². The third kappa shape index (κ3) is 3.91. The van der Waals surface area contributed by atoms with Gasteiger partial charge in [-0.05, 0) is 51.7 Å². The van der Waals surface area contributed by atoms with Crippen molar-refractivity contribution in [2.24, 2.45) is 7.05 Å². The number of aryl methyl sites for hydroxylation is 3. The van der Waals surface area contributed by atoms with E-state index in [1.165, 1.54) is 5.56 Å². The third-order valence-corrected chi connectivity index (χ3v) is 5.43. The second-order valence-corrected chi connectivity index (χ2v) is 7.72. The average Bonchev–Trinajstić information content (AvgIpc) is 3.25. The van der Waals surface area contributed by atoms with Crippen molar-refractivity contribution in [3.05, 3.63) is 57.9 Å². The Morgan fingerprint density at radius 3 is 2.57 bits per heavy atom. The number of hydrogen-bond donors (Lipinski definition) is 1. The maximum absolute atomic E-state index is 12.4. The Morgan fingerprint density at radius 1 is 1.14 bits per heavy atom. The highest BCUT2D eigenvalue weighted by molar-refractivity contribution is 5.24. The first kappa shape index (κ1) is 18.6. The summed E-state index contributed by atoms with van der Waals surface area (Å²) in [5.74, 6) is 0.696. The second kappa shape index (κ2) is 7.71. The van der Waals surface area contributed by atoms with Crippen LogP contribution in [-0.2, 0) is 13.6 Å². The van der Waals surface area contributed by atoms with Crippen LogP contribution >= 0.6 is 0 Å². The van der Waals surface area contributed by atoms with Crippen LogP contribution in [0.15, 0.2) is 35.4 Å². The van der Waals surface area contributed by atoms with Gasteiger partial charge in [-0.15, -0.1) is 5.10 Å². The van der Waals surface area contributed by atoms with Crippen LogP contribution in [0.2, 0.25) is 0 Å². The molecule has 3 heterocycles. The fraction of sp³-hybridized carbons (Fsp3) is 0.500. The summed E-state index contributed by atoms with van der Waals surface area (Å²) >= 11 is 0. The van der Waals surface area contributed by atoms with Gasteiger partial charge in [-0.25, -0.2) is 9.36 Å². The second-order valence-electron chi connectivity index (χ2n) is 7.72. The van der Waals surface area contributed by atoms with Gasteiger partial charge in [0.25, 0.3) is 5.56 Å². The lowest BCUT2D eigenvalue weighted by molar-refractivity contribution is 0.268. The first-order chi connectivity index (χ1) is 13.5. The Labute approximate surface area is 164 Å². The summed E-state index contributed by atoms with van der Waals surface area (Å²) in [5, 5.41) is 16.9. The molecule has 1 N–H and O–H groups in total. The van der Waals surface area contributed by atoms with Gasteiger partial charge in [0.05, 0.1) is 17.9 Å². The molecule has 0 atom stereocenters. The molecule has 1 aliphatic carbocycles. The van der Waals surface area contributed by atoms with Crippen molar-refractivity contribution in [3.63, 3.8) is 0 Å². The molecule has 0 bridgehead atoms. The summed E-state index contributed by atoms with van der Waals surface area (Å²) in [6, 6.07) is 5.97. The van der Waals surface area contributed by atoms with Crippen molar-refractivity contribution in [3.8, 4) is 5.82 Å². The molecule has 148 valence electrons. The van der Waals surface area contributed by atoms with Gasteiger partial charge in [0.2, 0.25) is 0 Å². The van der Waals surface area contributed by atoms with Crippen LogP contribution in [0.1, 0.15) is 48.7 Å². The molecule has 1 saturated carbocycles. The molecule has 0 unspecified atom stereocenters. The zero-order valence-corrected chi connectivity index (χ0v) is 16.7. The Kier molecular flexibility index (Phi) is 5.13. The minimum absolute atomic E-state index is 0.0444. The molecular weight excluding hydrogens is 354 g/mol. The van der Waals surface area contributed by atoms with Crippen LogP contribution in [0.4, 0.5) is 0 Å². The maximum atomic E-state index is 12.4. The number of nitrogens with one attached hydrogen (secondary N) is 1. The van der Waals surface area contributed by atoms with E-state index in [1.54, 1.807) is 21.5 Å². The highest BCUT2D eigenvalue weighted by Gasteiger charge is 2.24. The molecular formula is C20H27N7O. The zero-order valence-electron chi connectivity index (χ0n) is 16.7. The molecule has 8 heteroatoms. The van der Waals surface area contributed by atoms with E-state index in [0.717, 1.165) is 43.6 Å². The minimum Gasteiger partial charge on any atom is -0.310 e. The first-order valence-corrected chi connectivity index (χ1v) is 9.84. The topological polar surface area (TPSA) is 82.6 Å². The van der Waals surface area contributed by atoms with Crippen LogP contribution in [0, 0.1) is 13.8 Å². The van der Waals surface area contributed by atoms with Crippen molar-refractivity contribution in [1.29, 1.82) is 0 Å². The predicted octanol–water partition coefficient (Wildman–Crippen LogP) is 2.05. The maximum Gasteiger partial charge on any atom is 0.267 e. The molecule has 1 aliphatic rings. The van der Waals surface area contributed by atoms with Crippen molar-refractivity contribution in [1.82, 2.24) is 34.7 Å². The van der Waals surface area contributed by atoms with Gasteiger partial charge in [0.15, 0.2) is 5.82 Å². The van der Waals surface area contributed by atoms with Gasteiger partial charge >= 0.3 is 0 Å². The molecule has 0 amide bonds. The van der Waals surface area contributed by atoms with Gasteiger partial charge in [-0.3, -0.25) is 9.48 Å². The monoisotopic (exact) mass is 381 g/mol. The Morgan fingerprint density at radius 2 is 1.93 bits per heavy atom. The summed E-state index contributed by atoms with van der Waals surface area (Å²) in [5.41, 5.74) is 3.10. The lowest BCUT2D eigenvalue weighted by Gasteiger charge is -2.29. The smallest absolute Gasteiger partial charge is 0.267 e. The van der Waals surface area contributed by atoms with E-state index in [1.807, 2.05) is 44.0 Å². The molecule has 0 saturated heterocycles. The molecule has 1 fully saturated rings. The standard InChI is InChI=1S/C20H27N7O/c1-14-10-15(2)26(23-14)19-8-9-20(28)27(24-19)18-6-4-17(5-7-18)21-11-16-12-22-25(3)13-16/h8-10,12-13,17-18,21H,4-7,11H2,1-3H3. The van der Waals surface area contributed by atoms with Crippen molar-refractivity contribution in [2.75, 3.05) is 0 Å². The van der Waals surface area contributed by atoms with Crippen LogP contribution in [0.25, 0.3) is 5.82 Å². The Bertz CT molecular complexity index is 1010. The molecule has 0 aliphatic heterocycles. The highest BCUT2D eigenvalue weighted by Crippen LogP contribution is 2.27. The van der Waals surface area contributed by atoms with Crippen LogP contribution in [-0.4, -0.2) is 35.4 Å². The van der Waals surface area contributed by atoms with E-state index in [4.69, 9.17) is 0 Å². The molecule has 0 radical (unpaired) electrons. The summed E-state index contributed by atoms with van der Waals surface area (Å²) in [4.78, 5) is 12.4. The first-order valence-electron chi connectivity index (χ1n) is 9.84. The van der Waals surface area contributed by atoms with E-state index in [0.29, 0.717) is 11.9 Å². The van der Waals surface area contributed by atoms with Crippen molar-refractivity contribution < 1.29 is 0 Å². The third-order valence-electron chi connectivity index (χ3n) is 5.43. The van der Waals surface area contributed by atoms with Crippen LogP contribution in [0.5, 0.6) is 0 Å². The Balaban J connectivity index is 1.42. The van der Waals surface area contributed by atoms with E-state index in [9.17, 15) is 4.79 Å². The van der Waals surface area contributed by atoms with Crippen LogP contribution in [0.3, 0.4) is 0 Å². The molecule has 0 aromatic carbocycles. The summed E-state index contributed by atoms with van der Waals surface area (Å²) in [6.45, 7) is 4.78. The molecule has 3 aromatic heterocycles. The molecule has 8 nitrogen and oxygen atoms in total. The van der Waals surface area contributed by atoms with Gasteiger partial charge in [0, 0.05) is 43.2 Å². The summed E-state index contributed by atoms with van der Waals surface area (Å²) in [6.07, 6.45) is 7.88. The lowest BCUT2D eigenvalue weighted by atomic mass is 9.91. The Hall–Kier alpha value is -2.74. The summed E-state index contributed by atoms with van der Waals surface area (Å²) in [7, 11) is 1.93. The molecule has 3 aromatic rings. The fourth-order valence-corrected chi connectivity index (χ4v) is 4.00. The molecule has 28 heavy (non-hydrogen) atoms. The minimum atomic E-state index is -0.0444. The number of aromatic nitrogens is 6. The highest BCUT2D eigenvalue weighted by atomic mass is 16.1. The predicted molar refractivity (Wildman–Crippen MR) is 106 cm³/mol. The summed E-state index contributed by atoms with van der Waals surface area (Å²) < 4.78 is 5.28. The number of nitrogens with zero attached hydrogens (tertiary/aromatic N) is 6. The van der Waals surface area contributed by atoms with E-state index in [-0.39, 0.29) is 11.6 Å². The van der Waals surface area contributed by atoms with Gasteiger partial charge in [-0.2, -0.15) is 10.2 Å². The van der Waals surface area contributed by atoms with Crippen molar-refractivity contribution in [2.45, 2.75) is 58.2 Å². The van der Waals surface area contributed by atoms with Gasteiger partial charge in [0.1, 0.15) is 0 Å². The van der Waals surface area contributed by atoms with E-state index in [2.05, 4.69) is 20.6 Å². The quantitative estimate of drug-likeness (QED) is 0.731. The molecule has 4 rings (SSSR count). The van der Waals surface area contributed by atoms with E-state index < -0.39 is 0 Å². The van der Waals surface area contributed by atoms with Crippen molar-refractivity contribution >= 4 is 0 Å². The largest absolute Gasteiger partial charge is 0.310 e. The normalized spacial score (nSPS) is 19.8. The average molecular weight is 381 g/mol.